The summed E-state index contributed by atoms with van der Waals surface area (Å²) in [6, 6.07) is 10.6. The van der Waals surface area contributed by atoms with Crippen LogP contribution in [0, 0.1) is 11.3 Å². The molecule has 0 unspecified atom stereocenters. The van der Waals surface area contributed by atoms with Crippen molar-refractivity contribution in [1.29, 1.82) is 5.26 Å². The zero-order valence-corrected chi connectivity index (χ0v) is 16.0. The van der Waals surface area contributed by atoms with Gasteiger partial charge in [-0.3, -0.25) is 0 Å². The van der Waals surface area contributed by atoms with Gasteiger partial charge < -0.3 is 14.6 Å². The third-order valence-electron chi connectivity index (χ3n) is 4.99. The third kappa shape index (κ3) is 4.35. The van der Waals surface area contributed by atoms with E-state index in [-0.39, 0.29) is 5.04 Å². The molecule has 1 heterocycles. The molecular weight excluding hydrogens is 302 g/mol. The third-order valence-corrected chi connectivity index (χ3v) is 9.43. The Morgan fingerprint density at radius 1 is 1.26 bits per heavy atom. The molecule has 1 saturated heterocycles. The Hall–Kier alpha value is -1.35. The van der Waals surface area contributed by atoms with E-state index in [4.69, 9.17) is 4.43 Å². The lowest BCUT2D eigenvalue weighted by Crippen LogP contribution is -2.43. The highest BCUT2D eigenvalue weighted by Crippen LogP contribution is 2.39. The van der Waals surface area contributed by atoms with E-state index < -0.39 is 14.4 Å². The van der Waals surface area contributed by atoms with E-state index in [1.165, 1.54) is 5.69 Å². The van der Waals surface area contributed by atoms with Gasteiger partial charge in [-0.1, -0.05) is 32.9 Å². The van der Waals surface area contributed by atoms with Crippen LogP contribution in [-0.2, 0) is 4.43 Å². The number of nitriles is 1. The molecule has 1 aliphatic heterocycles. The Bertz CT molecular complexity index is 568. The molecule has 1 aromatic rings. The lowest BCUT2D eigenvalue weighted by atomic mass is 10.1. The zero-order chi connectivity index (χ0) is 17.1. The molecule has 0 bridgehead atoms. The van der Waals surface area contributed by atoms with Gasteiger partial charge in [0, 0.05) is 31.9 Å². The van der Waals surface area contributed by atoms with Crippen LogP contribution in [0.4, 0.5) is 5.69 Å². The van der Waals surface area contributed by atoms with E-state index in [9.17, 15) is 5.26 Å². The summed E-state index contributed by atoms with van der Waals surface area (Å²) in [5, 5.41) is 13.1. The van der Waals surface area contributed by atoms with E-state index in [1.807, 2.05) is 12.1 Å². The van der Waals surface area contributed by atoms with Gasteiger partial charge in [-0.25, -0.2) is 0 Å². The van der Waals surface area contributed by atoms with Gasteiger partial charge in [-0.05, 0) is 35.8 Å². The summed E-state index contributed by atoms with van der Waals surface area (Å²) >= 11 is 0. The van der Waals surface area contributed by atoms with Crippen LogP contribution >= 0.6 is 0 Å². The second kappa shape index (κ2) is 7.04. The number of hydrogen-bond donors (Lipinski definition) is 1. The van der Waals surface area contributed by atoms with Crippen molar-refractivity contribution in [2.45, 2.75) is 45.0 Å². The number of nitrogens with one attached hydrogen (secondary N) is 1. The fourth-order valence-electron chi connectivity index (χ4n) is 2.45. The summed E-state index contributed by atoms with van der Waals surface area (Å²) in [6.07, 6.45) is -0.487. The molecule has 4 nitrogen and oxygen atoms in total. The number of rotatable bonds is 4. The minimum absolute atomic E-state index is 0.0955. The largest absolute Gasteiger partial charge is 0.398 e. The normalized spacial score (nSPS) is 17.7. The zero-order valence-electron chi connectivity index (χ0n) is 15.0. The van der Waals surface area contributed by atoms with Crippen molar-refractivity contribution in [3.63, 3.8) is 0 Å². The standard InChI is InChI=1S/C18H29N3OSi/c1-18(2,3)23(4,5)22-17(14-19)15-7-6-8-16(13-15)21-11-9-20-10-12-21/h6-8,13,17,20H,9-12H2,1-5H3/t17-/m0/s1. The van der Waals surface area contributed by atoms with Crippen molar-refractivity contribution in [3.8, 4) is 6.07 Å². The monoisotopic (exact) mass is 331 g/mol. The Balaban J connectivity index is 2.20. The molecule has 0 spiro atoms. The molecule has 1 fully saturated rings. The molecule has 0 amide bonds. The van der Waals surface area contributed by atoms with Crippen LogP contribution in [0.2, 0.25) is 18.1 Å². The molecule has 1 atom stereocenters. The van der Waals surface area contributed by atoms with Gasteiger partial charge in [0.1, 0.15) is 0 Å². The maximum absolute atomic E-state index is 9.63. The molecule has 0 aliphatic carbocycles. The Morgan fingerprint density at radius 3 is 2.48 bits per heavy atom. The minimum Gasteiger partial charge on any atom is -0.398 e. The van der Waals surface area contributed by atoms with Crippen molar-refractivity contribution < 1.29 is 4.43 Å². The minimum atomic E-state index is -1.97. The van der Waals surface area contributed by atoms with Crippen molar-refractivity contribution in [2.24, 2.45) is 0 Å². The Kier molecular flexibility index (Phi) is 5.51. The van der Waals surface area contributed by atoms with Gasteiger partial charge in [0.05, 0.1) is 6.07 Å². The van der Waals surface area contributed by atoms with E-state index in [1.54, 1.807) is 0 Å². The van der Waals surface area contributed by atoms with Gasteiger partial charge >= 0.3 is 0 Å². The lowest BCUT2D eigenvalue weighted by molar-refractivity contribution is 0.236. The van der Waals surface area contributed by atoms with Gasteiger partial charge in [0.25, 0.3) is 0 Å². The fourth-order valence-corrected chi connectivity index (χ4v) is 3.58. The van der Waals surface area contributed by atoms with Crippen LogP contribution in [0.3, 0.4) is 0 Å². The van der Waals surface area contributed by atoms with Gasteiger partial charge in [-0.15, -0.1) is 0 Å². The first-order chi connectivity index (χ1) is 10.7. The first-order valence-electron chi connectivity index (χ1n) is 8.38. The average molecular weight is 332 g/mol. The van der Waals surface area contributed by atoms with Crippen LogP contribution in [-0.4, -0.2) is 34.5 Å². The molecule has 0 radical (unpaired) electrons. The van der Waals surface area contributed by atoms with Gasteiger partial charge in [-0.2, -0.15) is 5.26 Å². The predicted octanol–water partition coefficient (Wildman–Crippen LogP) is 3.68. The second-order valence-corrected chi connectivity index (χ2v) is 12.5. The summed E-state index contributed by atoms with van der Waals surface area (Å²) in [5.74, 6) is 0. The summed E-state index contributed by atoms with van der Waals surface area (Å²) in [4.78, 5) is 2.36. The van der Waals surface area contributed by atoms with E-state index in [2.05, 4.69) is 62.3 Å². The quantitative estimate of drug-likeness (QED) is 0.855. The van der Waals surface area contributed by atoms with E-state index >= 15 is 0 Å². The number of benzene rings is 1. The molecule has 0 saturated carbocycles. The molecule has 2 rings (SSSR count). The SMILES string of the molecule is CC(C)(C)[Si](C)(C)O[C@@H](C#N)c1cccc(N2CCNCC2)c1. The van der Waals surface area contributed by atoms with Crippen LogP contribution in [0.1, 0.15) is 32.4 Å². The number of hydrogen-bond acceptors (Lipinski definition) is 4. The van der Waals surface area contributed by atoms with Crippen LogP contribution in [0.25, 0.3) is 0 Å². The first-order valence-corrected chi connectivity index (χ1v) is 11.3. The Labute approximate surface area is 141 Å². The summed E-state index contributed by atoms with van der Waals surface area (Å²) in [7, 11) is -1.97. The molecule has 1 aliphatic rings. The van der Waals surface area contributed by atoms with E-state index in [0.717, 1.165) is 31.7 Å². The summed E-state index contributed by atoms with van der Waals surface area (Å²) in [5.41, 5.74) is 2.15. The first kappa shape index (κ1) is 18.0. The van der Waals surface area contributed by atoms with Crippen LogP contribution in [0.5, 0.6) is 0 Å². The van der Waals surface area contributed by atoms with Crippen molar-refractivity contribution >= 4 is 14.0 Å². The topological polar surface area (TPSA) is 48.3 Å². The molecule has 126 valence electrons. The molecular formula is C18H29N3OSi. The maximum Gasteiger partial charge on any atom is 0.194 e. The maximum atomic E-state index is 9.63. The highest BCUT2D eigenvalue weighted by molar-refractivity contribution is 6.74. The molecule has 23 heavy (non-hydrogen) atoms. The molecule has 5 heteroatoms. The van der Waals surface area contributed by atoms with Crippen molar-refractivity contribution in [1.82, 2.24) is 5.32 Å². The Morgan fingerprint density at radius 2 is 1.91 bits per heavy atom. The number of anilines is 1. The van der Waals surface area contributed by atoms with Crippen molar-refractivity contribution in [3.05, 3.63) is 29.8 Å². The molecule has 0 aromatic heterocycles. The van der Waals surface area contributed by atoms with Crippen LogP contribution < -0.4 is 10.2 Å². The number of nitrogens with zero attached hydrogens (tertiary/aromatic N) is 2. The van der Waals surface area contributed by atoms with E-state index in [0.29, 0.717) is 0 Å². The lowest BCUT2D eigenvalue weighted by Gasteiger charge is -2.38. The molecule has 1 N–H and O–H groups in total. The van der Waals surface area contributed by atoms with Crippen LogP contribution in [0.15, 0.2) is 24.3 Å². The van der Waals surface area contributed by atoms with Gasteiger partial charge in [0.15, 0.2) is 14.4 Å². The van der Waals surface area contributed by atoms with Crippen molar-refractivity contribution in [2.75, 3.05) is 31.1 Å². The smallest absolute Gasteiger partial charge is 0.194 e. The van der Waals surface area contributed by atoms with Gasteiger partial charge in [0.2, 0.25) is 0 Å². The predicted molar refractivity (Wildman–Crippen MR) is 98.2 cm³/mol. The highest BCUT2D eigenvalue weighted by atomic mass is 28.4. The number of piperazine rings is 1. The molecule has 1 aromatic carbocycles. The summed E-state index contributed by atoms with van der Waals surface area (Å²) in [6.45, 7) is 15.0. The second-order valence-electron chi connectivity index (χ2n) is 7.72. The average Bonchev–Trinajstić information content (AvgIpc) is 2.52. The highest BCUT2D eigenvalue weighted by Gasteiger charge is 2.39. The fraction of sp³-hybridized carbons (Fsp3) is 0.611. The summed E-state index contributed by atoms with van der Waals surface area (Å²) < 4.78 is 6.33.